The zero-order chi connectivity index (χ0) is 16.7. The third-order valence-electron chi connectivity index (χ3n) is 3.35. The Labute approximate surface area is 133 Å². The van der Waals surface area contributed by atoms with Gasteiger partial charge < -0.3 is 4.65 Å². The Morgan fingerprint density at radius 1 is 1.18 bits per heavy atom. The van der Waals surface area contributed by atoms with E-state index in [1.54, 1.807) is 4.68 Å². The lowest BCUT2D eigenvalue weighted by Gasteiger charge is -2.12. The molecule has 5 heteroatoms. The maximum Gasteiger partial charge on any atom is 0.376 e. The summed E-state index contributed by atoms with van der Waals surface area (Å²) in [6.07, 6.45) is 0. The molecule has 0 atom stereocenters. The van der Waals surface area contributed by atoms with Crippen LogP contribution in [0.25, 0.3) is 11.5 Å². The average molecular weight is 293 g/mol. The summed E-state index contributed by atoms with van der Waals surface area (Å²) in [5.74, 6) is 0.229. The SMILES string of the molecule is CC.[B]OC(=C(C#N)c1ccccc1)n1nc(C)c(C)c1C. The quantitative estimate of drug-likeness (QED) is 0.491. The van der Waals surface area contributed by atoms with Crippen LogP contribution in [-0.4, -0.2) is 17.8 Å². The monoisotopic (exact) mass is 293 g/mol. The number of hydrogen-bond acceptors (Lipinski definition) is 3. The number of allylic oxidation sites excluding steroid dienone is 1. The number of aryl methyl sites for hydroxylation is 1. The maximum absolute atomic E-state index is 9.42. The molecule has 2 aromatic rings. The minimum absolute atomic E-state index is 0.229. The molecule has 0 spiro atoms. The second kappa shape index (κ2) is 8.09. The first kappa shape index (κ1) is 17.6. The van der Waals surface area contributed by atoms with Gasteiger partial charge in [0.1, 0.15) is 11.6 Å². The molecule has 1 aromatic carbocycles. The van der Waals surface area contributed by atoms with Crippen molar-refractivity contribution in [2.75, 3.05) is 0 Å². The molecule has 4 nitrogen and oxygen atoms in total. The van der Waals surface area contributed by atoms with Crippen LogP contribution in [0.4, 0.5) is 0 Å². The lowest BCUT2D eigenvalue weighted by atomic mass is 10.1. The fraction of sp³-hybridized carbons (Fsp3) is 0.294. The van der Waals surface area contributed by atoms with Crippen molar-refractivity contribution in [3.8, 4) is 6.07 Å². The third-order valence-corrected chi connectivity index (χ3v) is 3.35. The van der Waals surface area contributed by atoms with E-state index in [9.17, 15) is 5.26 Å². The summed E-state index contributed by atoms with van der Waals surface area (Å²) in [4.78, 5) is 0. The number of aromatic nitrogens is 2. The van der Waals surface area contributed by atoms with Crippen molar-refractivity contribution in [3.05, 3.63) is 52.8 Å². The van der Waals surface area contributed by atoms with E-state index in [-0.39, 0.29) is 5.88 Å². The van der Waals surface area contributed by atoms with Crippen LogP contribution in [0.3, 0.4) is 0 Å². The summed E-state index contributed by atoms with van der Waals surface area (Å²) in [6.45, 7) is 9.78. The smallest absolute Gasteiger partial charge is 0.376 e. The van der Waals surface area contributed by atoms with E-state index in [0.717, 1.165) is 22.5 Å². The van der Waals surface area contributed by atoms with Crippen molar-refractivity contribution in [2.24, 2.45) is 0 Å². The van der Waals surface area contributed by atoms with Gasteiger partial charge in [-0.1, -0.05) is 44.2 Å². The van der Waals surface area contributed by atoms with E-state index in [2.05, 4.69) is 11.2 Å². The molecule has 1 heterocycles. The molecule has 0 fully saturated rings. The molecule has 0 unspecified atom stereocenters. The summed E-state index contributed by atoms with van der Waals surface area (Å²) in [6, 6.07) is 11.4. The molecule has 0 saturated heterocycles. The van der Waals surface area contributed by atoms with Crippen LogP contribution < -0.4 is 0 Å². The van der Waals surface area contributed by atoms with Gasteiger partial charge in [0.05, 0.1) is 5.69 Å². The Bertz CT molecular complexity index is 697. The summed E-state index contributed by atoms with van der Waals surface area (Å²) < 4.78 is 6.52. The molecule has 2 rings (SSSR count). The Balaban J connectivity index is 0.00000116. The van der Waals surface area contributed by atoms with Gasteiger partial charge in [-0.05, 0) is 31.9 Å². The van der Waals surface area contributed by atoms with Crippen LogP contribution in [-0.2, 0) is 4.65 Å². The Hall–Kier alpha value is -2.48. The Morgan fingerprint density at radius 2 is 1.77 bits per heavy atom. The first-order chi connectivity index (χ1) is 10.6. The van der Waals surface area contributed by atoms with E-state index in [1.807, 2.05) is 65.0 Å². The van der Waals surface area contributed by atoms with Crippen molar-refractivity contribution in [3.63, 3.8) is 0 Å². The van der Waals surface area contributed by atoms with Gasteiger partial charge in [0.15, 0.2) is 0 Å². The molecule has 0 aliphatic heterocycles. The van der Waals surface area contributed by atoms with Crippen molar-refractivity contribution < 1.29 is 4.65 Å². The van der Waals surface area contributed by atoms with Crippen LogP contribution in [0.1, 0.15) is 36.4 Å². The van der Waals surface area contributed by atoms with Gasteiger partial charge in [-0.15, -0.1) is 0 Å². The minimum Gasteiger partial charge on any atom is -0.554 e. The second-order valence-corrected chi connectivity index (χ2v) is 4.48. The largest absolute Gasteiger partial charge is 0.554 e. The van der Waals surface area contributed by atoms with Gasteiger partial charge in [0, 0.05) is 5.69 Å². The van der Waals surface area contributed by atoms with Gasteiger partial charge in [-0.25, -0.2) is 4.68 Å². The number of rotatable bonds is 3. The van der Waals surface area contributed by atoms with Gasteiger partial charge in [-0.3, -0.25) is 0 Å². The highest BCUT2D eigenvalue weighted by Crippen LogP contribution is 2.24. The zero-order valence-electron chi connectivity index (χ0n) is 13.7. The highest BCUT2D eigenvalue weighted by atomic mass is 16.4. The molecular weight excluding hydrogens is 273 g/mol. The van der Waals surface area contributed by atoms with Gasteiger partial charge in [0.2, 0.25) is 5.88 Å². The zero-order valence-corrected chi connectivity index (χ0v) is 13.7. The Morgan fingerprint density at radius 3 is 2.18 bits per heavy atom. The van der Waals surface area contributed by atoms with Gasteiger partial charge in [0.25, 0.3) is 0 Å². The van der Waals surface area contributed by atoms with Crippen molar-refractivity contribution in [2.45, 2.75) is 34.6 Å². The van der Waals surface area contributed by atoms with Gasteiger partial charge in [-0.2, -0.15) is 10.4 Å². The van der Waals surface area contributed by atoms with E-state index in [1.165, 1.54) is 0 Å². The molecular formula is C17H20BN3O. The third kappa shape index (κ3) is 3.40. The molecule has 0 aliphatic carbocycles. The van der Waals surface area contributed by atoms with Crippen molar-refractivity contribution >= 4 is 19.5 Å². The van der Waals surface area contributed by atoms with E-state index in [0.29, 0.717) is 5.57 Å². The predicted molar refractivity (Wildman–Crippen MR) is 89.8 cm³/mol. The highest BCUT2D eigenvalue weighted by Gasteiger charge is 2.16. The second-order valence-electron chi connectivity index (χ2n) is 4.48. The lowest BCUT2D eigenvalue weighted by molar-refractivity contribution is 0.508. The number of benzene rings is 1. The van der Waals surface area contributed by atoms with Gasteiger partial charge >= 0.3 is 8.05 Å². The van der Waals surface area contributed by atoms with Crippen molar-refractivity contribution in [1.29, 1.82) is 5.26 Å². The van der Waals surface area contributed by atoms with E-state index >= 15 is 0 Å². The van der Waals surface area contributed by atoms with Crippen molar-refractivity contribution in [1.82, 2.24) is 9.78 Å². The maximum atomic E-state index is 9.42. The number of hydrogen-bond donors (Lipinski definition) is 0. The molecule has 0 saturated carbocycles. The number of nitrogens with zero attached hydrogens (tertiary/aromatic N) is 3. The molecule has 1 aromatic heterocycles. The first-order valence-electron chi connectivity index (χ1n) is 7.19. The molecule has 22 heavy (non-hydrogen) atoms. The predicted octanol–water partition coefficient (Wildman–Crippen LogP) is 3.78. The number of nitriles is 1. The lowest BCUT2D eigenvalue weighted by Crippen LogP contribution is -2.07. The summed E-state index contributed by atoms with van der Waals surface area (Å²) in [7, 11) is 5.38. The van der Waals surface area contributed by atoms with Crippen LogP contribution in [0, 0.1) is 32.1 Å². The normalized spacial score (nSPS) is 10.9. The topological polar surface area (TPSA) is 50.8 Å². The fourth-order valence-electron chi connectivity index (χ4n) is 1.97. The fourth-order valence-corrected chi connectivity index (χ4v) is 1.97. The summed E-state index contributed by atoms with van der Waals surface area (Å²) in [5, 5.41) is 13.8. The standard InChI is InChI=1S/C15H14BN3O.C2H6/c1-10-11(2)18-19(12(10)3)15(20-16)14(9-17)13-7-5-4-6-8-13;1-2/h4-8H,1-3H3;1-2H3. The Kier molecular flexibility index (Phi) is 6.46. The average Bonchev–Trinajstić information content (AvgIpc) is 2.82. The van der Waals surface area contributed by atoms with Crippen LogP contribution in [0.2, 0.25) is 0 Å². The first-order valence-corrected chi connectivity index (χ1v) is 7.19. The molecule has 0 amide bonds. The van der Waals surface area contributed by atoms with Crippen LogP contribution in [0.15, 0.2) is 30.3 Å². The minimum atomic E-state index is 0.229. The van der Waals surface area contributed by atoms with E-state index in [4.69, 9.17) is 12.7 Å². The molecule has 0 bridgehead atoms. The van der Waals surface area contributed by atoms with Crippen LogP contribution in [0.5, 0.6) is 0 Å². The van der Waals surface area contributed by atoms with Crippen LogP contribution >= 0.6 is 0 Å². The summed E-state index contributed by atoms with van der Waals surface area (Å²) in [5.41, 5.74) is 3.90. The summed E-state index contributed by atoms with van der Waals surface area (Å²) >= 11 is 0. The molecule has 0 aliphatic rings. The van der Waals surface area contributed by atoms with E-state index < -0.39 is 0 Å². The molecule has 2 radical (unpaired) electrons. The highest BCUT2D eigenvalue weighted by molar-refractivity contribution is 6.04. The molecule has 0 N–H and O–H groups in total. The molecule has 112 valence electrons.